The van der Waals surface area contributed by atoms with Gasteiger partial charge in [0.2, 0.25) is 16.8 Å². The molecule has 0 saturated carbocycles. The number of carbonyl (C=O) groups is 2. The van der Waals surface area contributed by atoms with Gasteiger partial charge in [-0.05, 0) is 37.5 Å². The van der Waals surface area contributed by atoms with E-state index in [0.717, 1.165) is 27.6 Å². The van der Waals surface area contributed by atoms with Crippen LogP contribution in [0.1, 0.15) is 34.5 Å². The number of carboxylic acids is 1. The molecule has 8 nitrogen and oxygen atoms in total. The predicted octanol–water partition coefficient (Wildman–Crippen LogP) is 1.76. The van der Waals surface area contributed by atoms with Gasteiger partial charge >= 0.3 is 5.97 Å². The molecule has 2 aromatic rings. The van der Waals surface area contributed by atoms with E-state index >= 15 is 0 Å². The van der Waals surface area contributed by atoms with E-state index in [1.54, 1.807) is 0 Å². The van der Waals surface area contributed by atoms with Crippen molar-refractivity contribution in [1.29, 1.82) is 0 Å². The average molecular weight is 392 g/mol. The first-order valence-corrected chi connectivity index (χ1v) is 9.91. The molecule has 1 aliphatic rings. The minimum Gasteiger partial charge on any atom is -0.475 e. The lowest BCUT2D eigenvalue weighted by atomic mass is 10.1. The molecule has 144 valence electrons. The SMILES string of the molecule is Cc1ccc(CNC(=O)C2CCCN2S(=O)(=O)c2ccc(C(=O)O)o2)cc1. The maximum absolute atomic E-state index is 12.8. The lowest BCUT2D eigenvalue weighted by molar-refractivity contribution is -0.124. The van der Waals surface area contributed by atoms with E-state index in [4.69, 9.17) is 9.52 Å². The Morgan fingerprint density at radius 2 is 1.93 bits per heavy atom. The molecule has 2 heterocycles. The molecule has 0 spiro atoms. The first kappa shape index (κ1) is 19.1. The average Bonchev–Trinajstić information content (AvgIpc) is 3.31. The second-order valence-electron chi connectivity index (χ2n) is 6.40. The fourth-order valence-corrected chi connectivity index (χ4v) is 4.56. The number of amides is 1. The van der Waals surface area contributed by atoms with Crippen molar-refractivity contribution in [3.63, 3.8) is 0 Å². The highest BCUT2D eigenvalue weighted by Gasteiger charge is 2.41. The quantitative estimate of drug-likeness (QED) is 0.774. The Bertz CT molecular complexity index is 948. The van der Waals surface area contributed by atoms with Gasteiger partial charge in [0.05, 0.1) is 0 Å². The summed E-state index contributed by atoms with van der Waals surface area (Å²) in [4.78, 5) is 23.5. The summed E-state index contributed by atoms with van der Waals surface area (Å²) in [6.07, 6.45) is 0.930. The number of rotatable bonds is 6. The number of carbonyl (C=O) groups excluding carboxylic acids is 1. The van der Waals surface area contributed by atoms with Crippen LogP contribution in [0.3, 0.4) is 0 Å². The minimum absolute atomic E-state index is 0.175. The summed E-state index contributed by atoms with van der Waals surface area (Å²) < 4.78 is 31.5. The molecule has 0 bridgehead atoms. The van der Waals surface area contributed by atoms with E-state index in [1.807, 2.05) is 31.2 Å². The van der Waals surface area contributed by atoms with Gasteiger partial charge in [-0.3, -0.25) is 4.79 Å². The van der Waals surface area contributed by atoms with Crippen molar-refractivity contribution in [2.75, 3.05) is 6.54 Å². The highest BCUT2D eigenvalue weighted by molar-refractivity contribution is 7.89. The van der Waals surface area contributed by atoms with Crippen molar-refractivity contribution in [3.8, 4) is 0 Å². The second kappa shape index (κ2) is 7.53. The molecule has 1 saturated heterocycles. The van der Waals surface area contributed by atoms with Crippen LogP contribution in [0.2, 0.25) is 0 Å². The lowest BCUT2D eigenvalue weighted by Gasteiger charge is -2.22. The maximum atomic E-state index is 12.8. The number of sulfonamides is 1. The maximum Gasteiger partial charge on any atom is 0.371 e. The molecule has 1 unspecified atom stereocenters. The zero-order valence-corrected chi connectivity index (χ0v) is 15.5. The van der Waals surface area contributed by atoms with E-state index in [1.165, 1.54) is 0 Å². The van der Waals surface area contributed by atoms with Gasteiger partial charge in [0.1, 0.15) is 6.04 Å². The monoisotopic (exact) mass is 392 g/mol. The number of furan rings is 1. The van der Waals surface area contributed by atoms with Crippen LogP contribution in [-0.4, -0.2) is 42.3 Å². The molecule has 1 fully saturated rings. The molecule has 2 N–H and O–H groups in total. The van der Waals surface area contributed by atoms with Crippen LogP contribution in [0.5, 0.6) is 0 Å². The molecule has 1 aliphatic heterocycles. The number of hydrogen-bond donors (Lipinski definition) is 2. The second-order valence-corrected chi connectivity index (χ2v) is 8.22. The zero-order valence-electron chi connectivity index (χ0n) is 14.7. The molecule has 9 heteroatoms. The third-order valence-corrected chi connectivity index (χ3v) is 6.23. The number of carboxylic acid groups (broad SMARTS) is 1. The van der Waals surface area contributed by atoms with Gasteiger partial charge in [-0.15, -0.1) is 0 Å². The van der Waals surface area contributed by atoms with Crippen molar-refractivity contribution >= 4 is 21.9 Å². The summed E-state index contributed by atoms with van der Waals surface area (Å²) in [6.45, 7) is 2.44. The minimum atomic E-state index is -4.09. The Balaban J connectivity index is 1.72. The van der Waals surface area contributed by atoms with Crippen molar-refractivity contribution in [2.24, 2.45) is 0 Å². The number of nitrogens with one attached hydrogen (secondary N) is 1. The summed E-state index contributed by atoms with van der Waals surface area (Å²) in [5.74, 6) is -2.21. The smallest absolute Gasteiger partial charge is 0.371 e. The fraction of sp³-hybridized carbons (Fsp3) is 0.333. The van der Waals surface area contributed by atoms with Crippen LogP contribution in [0, 0.1) is 6.92 Å². The van der Waals surface area contributed by atoms with Crippen molar-refractivity contribution in [3.05, 3.63) is 53.3 Å². The molecule has 1 atom stereocenters. The summed E-state index contributed by atoms with van der Waals surface area (Å²) in [7, 11) is -4.09. The molecule has 1 aromatic carbocycles. The summed E-state index contributed by atoms with van der Waals surface area (Å²) in [5, 5.41) is 11.2. The first-order valence-electron chi connectivity index (χ1n) is 8.47. The van der Waals surface area contributed by atoms with E-state index in [-0.39, 0.29) is 12.5 Å². The fourth-order valence-electron chi connectivity index (χ4n) is 2.99. The normalized spacial score (nSPS) is 17.7. The van der Waals surface area contributed by atoms with Gasteiger partial charge in [-0.25, -0.2) is 13.2 Å². The Labute approximate surface area is 156 Å². The Morgan fingerprint density at radius 3 is 2.56 bits per heavy atom. The Kier molecular flexibility index (Phi) is 5.33. The van der Waals surface area contributed by atoms with Crippen LogP contribution in [0.4, 0.5) is 0 Å². The number of benzene rings is 1. The van der Waals surface area contributed by atoms with Crippen molar-refractivity contribution < 1.29 is 27.5 Å². The van der Waals surface area contributed by atoms with Crippen molar-refractivity contribution in [1.82, 2.24) is 9.62 Å². The van der Waals surface area contributed by atoms with Crippen LogP contribution in [0.25, 0.3) is 0 Å². The molecule has 0 aliphatic carbocycles. The number of hydrogen-bond acceptors (Lipinski definition) is 5. The summed E-state index contributed by atoms with van der Waals surface area (Å²) >= 11 is 0. The summed E-state index contributed by atoms with van der Waals surface area (Å²) in [6, 6.07) is 8.99. The van der Waals surface area contributed by atoms with Gasteiger partial charge in [0.25, 0.3) is 10.0 Å². The topological polar surface area (TPSA) is 117 Å². The molecule has 3 rings (SSSR count). The van der Waals surface area contributed by atoms with E-state index in [9.17, 15) is 18.0 Å². The number of aryl methyl sites for hydroxylation is 1. The van der Waals surface area contributed by atoms with Gasteiger partial charge in [0, 0.05) is 13.1 Å². The molecule has 27 heavy (non-hydrogen) atoms. The lowest BCUT2D eigenvalue weighted by Crippen LogP contribution is -2.45. The predicted molar refractivity (Wildman–Crippen MR) is 95.6 cm³/mol. The molecular formula is C18H20N2O6S. The van der Waals surface area contributed by atoms with E-state index < -0.39 is 32.9 Å². The summed E-state index contributed by atoms with van der Waals surface area (Å²) in [5.41, 5.74) is 2.02. The largest absolute Gasteiger partial charge is 0.475 e. The van der Waals surface area contributed by atoms with Gasteiger partial charge < -0.3 is 14.8 Å². The van der Waals surface area contributed by atoms with Crippen molar-refractivity contribution in [2.45, 2.75) is 37.4 Å². The van der Waals surface area contributed by atoms with E-state index in [0.29, 0.717) is 19.4 Å². The van der Waals surface area contributed by atoms with Crippen LogP contribution < -0.4 is 5.32 Å². The van der Waals surface area contributed by atoms with Gasteiger partial charge in [0.15, 0.2) is 0 Å². The molecule has 1 amide bonds. The van der Waals surface area contributed by atoms with Crippen LogP contribution in [0.15, 0.2) is 45.9 Å². The first-order chi connectivity index (χ1) is 12.8. The molecule has 0 radical (unpaired) electrons. The number of aromatic carboxylic acids is 1. The standard InChI is InChI=1S/C18H20N2O6S/c1-12-4-6-13(7-5-12)11-19-17(21)14-3-2-10-20(14)27(24,25)16-9-8-15(26-16)18(22)23/h4-9,14H,2-3,10-11H2,1H3,(H,19,21)(H,22,23). The zero-order chi connectivity index (χ0) is 19.6. The van der Waals surface area contributed by atoms with Gasteiger partial charge in [-0.1, -0.05) is 29.8 Å². The van der Waals surface area contributed by atoms with E-state index in [2.05, 4.69) is 5.32 Å². The third kappa shape index (κ3) is 4.04. The highest BCUT2D eigenvalue weighted by atomic mass is 32.2. The molecular weight excluding hydrogens is 372 g/mol. The van der Waals surface area contributed by atoms with Gasteiger partial charge in [-0.2, -0.15) is 4.31 Å². The highest BCUT2D eigenvalue weighted by Crippen LogP contribution is 2.27. The Morgan fingerprint density at radius 1 is 1.22 bits per heavy atom. The van der Waals surface area contributed by atoms with Crippen LogP contribution in [-0.2, 0) is 21.4 Å². The number of nitrogens with zero attached hydrogens (tertiary/aromatic N) is 1. The Hall–Kier alpha value is -2.65. The third-order valence-electron chi connectivity index (χ3n) is 4.45. The molecule has 1 aromatic heterocycles. The van der Waals surface area contributed by atoms with Crippen LogP contribution >= 0.6 is 0 Å².